The average molecular weight is 464 g/mol. The van der Waals surface area contributed by atoms with Crippen LogP contribution < -0.4 is 10.2 Å². The summed E-state index contributed by atoms with van der Waals surface area (Å²) in [6, 6.07) is 6.72. The first-order chi connectivity index (χ1) is 11.7. The number of piperazine rings is 1. The van der Waals surface area contributed by atoms with Crippen molar-refractivity contribution < 1.29 is 9.13 Å². The minimum absolute atomic E-state index is 0. The number of unbranched alkanes of at least 4 members (excludes halogenated alkanes) is 1. The number of ether oxygens (including phenoxy) is 1. The van der Waals surface area contributed by atoms with Gasteiger partial charge < -0.3 is 19.9 Å². The summed E-state index contributed by atoms with van der Waals surface area (Å²) in [7, 11) is 1.83. The topological polar surface area (TPSA) is 40.1 Å². The van der Waals surface area contributed by atoms with Gasteiger partial charge in [0, 0.05) is 58.7 Å². The molecule has 1 saturated heterocycles. The molecule has 0 aromatic heterocycles. The highest BCUT2D eigenvalue weighted by molar-refractivity contribution is 14.0. The highest BCUT2D eigenvalue weighted by Crippen LogP contribution is 2.16. The minimum Gasteiger partial charge on any atom is -0.382 e. The fourth-order valence-electron chi connectivity index (χ4n) is 2.83. The van der Waals surface area contributed by atoms with E-state index >= 15 is 0 Å². The van der Waals surface area contributed by atoms with Gasteiger partial charge in [0.05, 0.1) is 0 Å². The molecule has 1 fully saturated rings. The maximum Gasteiger partial charge on any atom is 0.193 e. The standard InChI is InChI=1S/C18H29FN4O.HI/c1-3-24-15-5-4-10-21-18(20-2)23-13-11-22(12-14-23)17-8-6-16(19)7-9-17;/h6-9H,3-5,10-15H2,1-2H3,(H,20,21);1H. The lowest BCUT2D eigenvalue weighted by Gasteiger charge is -2.37. The number of halogens is 2. The van der Waals surface area contributed by atoms with Gasteiger partial charge in [-0.15, -0.1) is 24.0 Å². The molecule has 2 rings (SSSR count). The number of aliphatic imine (C=N–C) groups is 1. The Hall–Kier alpha value is -1.09. The molecule has 1 heterocycles. The maximum atomic E-state index is 13.0. The van der Waals surface area contributed by atoms with Gasteiger partial charge in [-0.1, -0.05) is 0 Å². The van der Waals surface area contributed by atoms with Crippen LogP contribution in [0.3, 0.4) is 0 Å². The lowest BCUT2D eigenvalue weighted by molar-refractivity contribution is 0.143. The first-order valence-corrected chi connectivity index (χ1v) is 8.78. The van der Waals surface area contributed by atoms with Gasteiger partial charge in [-0.25, -0.2) is 4.39 Å². The molecule has 0 spiro atoms. The number of anilines is 1. The number of nitrogens with zero attached hydrogens (tertiary/aromatic N) is 3. The van der Waals surface area contributed by atoms with Crippen LogP contribution in [0.25, 0.3) is 0 Å². The molecule has 1 aliphatic heterocycles. The van der Waals surface area contributed by atoms with Crippen molar-refractivity contribution in [2.24, 2.45) is 4.99 Å². The summed E-state index contributed by atoms with van der Waals surface area (Å²) in [5.41, 5.74) is 1.08. The first kappa shape index (κ1) is 22.0. The zero-order valence-corrected chi connectivity index (χ0v) is 17.5. The van der Waals surface area contributed by atoms with Gasteiger partial charge in [0.25, 0.3) is 0 Å². The summed E-state index contributed by atoms with van der Waals surface area (Å²) >= 11 is 0. The van der Waals surface area contributed by atoms with Gasteiger partial charge in [-0.2, -0.15) is 0 Å². The molecule has 1 aromatic carbocycles. The van der Waals surface area contributed by atoms with Gasteiger partial charge in [-0.3, -0.25) is 4.99 Å². The van der Waals surface area contributed by atoms with Gasteiger partial charge in [-0.05, 0) is 44.0 Å². The molecule has 0 bridgehead atoms. The van der Waals surface area contributed by atoms with E-state index in [0.29, 0.717) is 0 Å². The van der Waals surface area contributed by atoms with Crippen LogP contribution in [-0.2, 0) is 4.74 Å². The van der Waals surface area contributed by atoms with Crippen LogP contribution in [0.5, 0.6) is 0 Å². The van der Waals surface area contributed by atoms with Crippen LogP contribution in [0.15, 0.2) is 29.3 Å². The van der Waals surface area contributed by atoms with Crippen molar-refractivity contribution in [2.45, 2.75) is 19.8 Å². The van der Waals surface area contributed by atoms with Crippen molar-refractivity contribution in [2.75, 3.05) is 57.9 Å². The molecule has 5 nitrogen and oxygen atoms in total. The molecule has 1 aliphatic rings. The number of nitrogens with one attached hydrogen (secondary N) is 1. The van der Waals surface area contributed by atoms with Crippen molar-refractivity contribution in [3.63, 3.8) is 0 Å². The van der Waals surface area contributed by atoms with Crippen LogP contribution in [0.1, 0.15) is 19.8 Å². The molecule has 0 amide bonds. The Kier molecular flexibility index (Phi) is 10.8. The Morgan fingerprint density at radius 3 is 2.44 bits per heavy atom. The minimum atomic E-state index is -0.189. The molecule has 0 atom stereocenters. The molecule has 0 saturated carbocycles. The van der Waals surface area contributed by atoms with E-state index < -0.39 is 0 Å². The van der Waals surface area contributed by atoms with E-state index in [4.69, 9.17) is 4.74 Å². The molecule has 1 aromatic rings. The normalized spacial score (nSPS) is 15.1. The van der Waals surface area contributed by atoms with Crippen molar-refractivity contribution >= 4 is 35.6 Å². The summed E-state index contributed by atoms with van der Waals surface area (Å²) in [5.74, 6) is 0.775. The lowest BCUT2D eigenvalue weighted by Crippen LogP contribution is -2.52. The highest BCUT2D eigenvalue weighted by Gasteiger charge is 2.19. The third-order valence-corrected chi connectivity index (χ3v) is 4.19. The molecule has 0 unspecified atom stereocenters. The molecule has 1 N–H and O–H groups in total. The second-order valence-corrected chi connectivity index (χ2v) is 5.83. The van der Waals surface area contributed by atoms with Gasteiger partial charge >= 0.3 is 0 Å². The zero-order valence-electron chi connectivity index (χ0n) is 15.2. The molecule has 0 aliphatic carbocycles. The zero-order chi connectivity index (χ0) is 17.2. The van der Waals surface area contributed by atoms with E-state index in [9.17, 15) is 4.39 Å². The molecule has 25 heavy (non-hydrogen) atoms. The quantitative estimate of drug-likeness (QED) is 0.292. The number of benzene rings is 1. The average Bonchev–Trinajstić information content (AvgIpc) is 2.62. The van der Waals surface area contributed by atoms with Crippen molar-refractivity contribution in [1.82, 2.24) is 10.2 Å². The predicted octanol–water partition coefficient (Wildman–Crippen LogP) is 2.96. The summed E-state index contributed by atoms with van der Waals surface area (Å²) in [6.07, 6.45) is 2.14. The Labute approximate surface area is 167 Å². The second-order valence-electron chi connectivity index (χ2n) is 5.83. The molecule has 142 valence electrons. The maximum absolute atomic E-state index is 13.0. The summed E-state index contributed by atoms with van der Waals surface area (Å²) in [5, 5.41) is 3.43. The van der Waals surface area contributed by atoms with Crippen molar-refractivity contribution in [1.29, 1.82) is 0 Å². The highest BCUT2D eigenvalue weighted by atomic mass is 127. The van der Waals surface area contributed by atoms with E-state index in [1.54, 1.807) is 0 Å². The van der Waals surface area contributed by atoms with Gasteiger partial charge in [0.1, 0.15) is 5.82 Å². The predicted molar refractivity (Wildman–Crippen MR) is 113 cm³/mol. The Balaban J connectivity index is 0.00000312. The van der Waals surface area contributed by atoms with Crippen LogP contribution in [0.2, 0.25) is 0 Å². The van der Waals surface area contributed by atoms with Crippen molar-refractivity contribution in [3.05, 3.63) is 30.1 Å². The van der Waals surface area contributed by atoms with E-state index in [1.165, 1.54) is 12.1 Å². The Morgan fingerprint density at radius 1 is 1.16 bits per heavy atom. The van der Waals surface area contributed by atoms with Crippen LogP contribution >= 0.6 is 24.0 Å². The molecular formula is C18H30FIN4O. The van der Waals surface area contributed by atoms with E-state index in [0.717, 1.165) is 70.4 Å². The molecule has 0 radical (unpaired) electrons. The molecule has 7 heteroatoms. The summed E-state index contributed by atoms with van der Waals surface area (Å²) in [6.45, 7) is 8.20. The van der Waals surface area contributed by atoms with Crippen LogP contribution in [0, 0.1) is 5.82 Å². The van der Waals surface area contributed by atoms with E-state index in [1.807, 2.05) is 26.1 Å². The van der Waals surface area contributed by atoms with Gasteiger partial charge in [0.15, 0.2) is 5.96 Å². The third kappa shape index (κ3) is 7.35. The number of guanidine groups is 1. The van der Waals surface area contributed by atoms with Crippen LogP contribution in [-0.4, -0.2) is 63.8 Å². The van der Waals surface area contributed by atoms with E-state index in [2.05, 4.69) is 20.1 Å². The SMILES string of the molecule is CCOCCCCNC(=NC)N1CCN(c2ccc(F)cc2)CC1.I. The lowest BCUT2D eigenvalue weighted by atomic mass is 10.2. The van der Waals surface area contributed by atoms with Crippen molar-refractivity contribution in [3.8, 4) is 0 Å². The number of hydrogen-bond donors (Lipinski definition) is 1. The van der Waals surface area contributed by atoms with E-state index in [-0.39, 0.29) is 29.8 Å². The first-order valence-electron chi connectivity index (χ1n) is 8.78. The monoisotopic (exact) mass is 464 g/mol. The Morgan fingerprint density at radius 2 is 1.84 bits per heavy atom. The summed E-state index contributed by atoms with van der Waals surface area (Å²) in [4.78, 5) is 8.95. The second kappa shape index (κ2) is 12.3. The third-order valence-electron chi connectivity index (χ3n) is 4.19. The fraction of sp³-hybridized carbons (Fsp3) is 0.611. The Bertz CT molecular complexity index is 504. The number of rotatable bonds is 7. The number of hydrogen-bond acceptors (Lipinski definition) is 3. The van der Waals surface area contributed by atoms with Crippen LogP contribution in [0.4, 0.5) is 10.1 Å². The van der Waals surface area contributed by atoms with Gasteiger partial charge in [0.2, 0.25) is 0 Å². The smallest absolute Gasteiger partial charge is 0.193 e. The summed E-state index contributed by atoms with van der Waals surface area (Å²) < 4.78 is 18.4. The molecular weight excluding hydrogens is 434 g/mol. The fourth-order valence-corrected chi connectivity index (χ4v) is 2.83. The largest absolute Gasteiger partial charge is 0.382 e.